The number of ether oxygens (including phenoxy) is 1. The van der Waals surface area contributed by atoms with Crippen molar-refractivity contribution in [2.75, 3.05) is 39.8 Å². The lowest BCUT2D eigenvalue weighted by atomic mass is 10.1. The standard InChI is InChI=1S/C18H25FN2O2/c1-13-3-6-16(17(19)9-13)18(22)21(10-14-4-5-14)12-15-11-20(2)7-8-23-15/h3,6,9,14-15H,4-5,7-8,10-12H2,1-2H3/t15-/m1/s1. The van der Waals surface area contributed by atoms with Crippen LogP contribution in [0.5, 0.6) is 0 Å². The van der Waals surface area contributed by atoms with E-state index in [0.717, 1.165) is 31.5 Å². The molecule has 2 fully saturated rings. The van der Waals surface area contributed by atoms with Gasteiger partial charge in [0.15, 0.2) is 0 Å². The van der Waals surface area contributed by atoms with Crippen molar-refractivity contribution in [1.29, 1.82) is 0 Å². The summed E-state index contributed by atoms with van der Waals surface area (Å²) in [7, 11) is 2.06. The highest BCUT2D eigenvalue weighted by Crippen LogP contribution is 2.30. The average molecular weight is 320 g/mol. The first-order valence-corrected chi connectivity index (χ1v) is 8.38. The predicted molar refractivity (Wildman–Crippen MR) is 87.0 cm³/mol. The fourth-order valence-corrected chi connectivity index (χ4v) is 3.04. The zero-order chi connectivity index (χ0) is 16.4. The molecule has 3 rings (SSSR count). The molecule has 0 spiro atoms. The van der Waals surface area contributed by atoms with E-state index in [-0.39, 0.29) is 17.6 Å². The van der Waals surface area contributed by atoms with E-state index in [9.17, 15) is 9.18 Å². The summed E-state index contributed by atoms with van der Waals surface area (Å²) >= 11 is 0. The van der Waals surface area contributed by atoms with Gasteiger partial charge in [-0.05, 0) is 50.4 Å². The number of likely N-dealkylation sites (N-methyl/N-ethyl adjacent to an activating group) is 1. The highest BCUT2D eigenvalue weighted by atomic mass is 19.1. The van der Waals surface area contributed by atoms with Gasteiger partial charge >= 0.3 is 0 Å². The Morgan fingerprint density at radius 2 is 2.17 bits per heavy atom. The van der Waals surface area contributed by atoms with E-state index in [2.05, 4.69) is 11.9 Å². The zero-order valence-electron chi connectivity index (χ0n) is 13.9. The lowest BCUT2D eigenvalue weighted by Gasteiger charge is -2.34. The van der Waals surface area contributed by atoms with Crippen LogP contribution in [-0.2, 0) is 4.74 Å². The quantitative estimate of drug-likeness (QED) is 0.835. The molecule has 1 aromatic carbocycles. The first-order chi connectivity index (χ1) is 11.0. The fourth-order valence-electron chi connectivity index (χ4n) is 3.04. The molecule has 0 bridgehead atoms. The van der Waals surface area contributed by atoms with Crippen molar-refractivity contribution >= 4 is 5.91 Å². The Morgan fingerprint density at radius 1 is 1.39 bits per heavy atom. The van der Waals surface area contributed by atoms with Crippen LogP contribution in [0, 0.1) is 18.7 Å². The van der Waals surface area contributed by atoms with Crippen molar-refractivity contribution in [1.82, 2.24) is 9.80 Å². The van der Waals surface area contributed by atoms with Crippen molar-refractivity contribution in [3.63, 3.8) is 0 Å². The second kappa shape index (κ2) is 6.97. The van der Waals surface area contributed by atoms with E-state index in [1.165, 1.54) is 6.07 Å². The van der Waals surface area contributed by atoms with Gasteiger partial charge in [-0.15, -0.1) is 0 Å². The van der Waals surface area contributed by atoms with E-state index in [0.29, 0.717) is 25.6 Å². The van der Waals surface area contributed by atoms with Crippen molar-refractivity contribution < 1.29 is 13.9 Å². The Kier molecular flexibility index (Phi) is 4.97. The van der Waals surface area contributed by atoms with Gasteiger partial charge in [0.05, 0.1) is 18.3 Å². The molecule has 1 saturated carbocycles. The minimum Gasteiger partial charge on any atom is -0.374 e. The number of halogens is 1. The van der Waals surface area contributed by atoms with Crippen LogP contribution in [0.2, 0.25) is 0 Å². The number of benzene rings is 1. The summed E-state index contributed by atoms with van der Waals surface area (Å²) in [5.74, 6) is -0.0857. The van der Waals surface area contributed by atoms with Crippen LogP contribution in [0.3, 0.4) is 0 Å². The van der Waals surface area contributed by atoms with E-state index < -0.39 is 5.82 Å². The minimum atomic E-state index is -0.433. The van der Waals surface area contributed by atoms with Gasteiger partial charge in [0.25, 0.3) is 5.91 Å². The molecule has 1 aliphatic carbocycles. The molecule has 1 saturated heterocycles. The fraction of sp³-hybridized carbons (Fsp3) is 0.611. The van der Waals surface area contributed by atoms with Crippen LogP contribution in [0.4, 0.5) is 4.39 Å². The molecule has 23 heavy (non-hydrogen) atoms. The van der Waals surface area contributed by atoms with E-state index in [1.807, 2.05) is 6.92 Å². The number of aryl methyl sites for hydroxylation is 1. The Labute approximate surface area is 137 Å². The number of amides is 1. The van der Waals surface area contributed by atoms with Crippen molar-refractivity contribution in [2.45, 2.75) is 25.9 Å². The lowest BCUT2D eigenvalue weighted by Crippen LogP contribution is -2.48. The molecule has 1 heterocycles. The summed E-state index contributed by atoms with van der Waals surface area (Å²) in [5.41, 5.74) is 0.991. The van der Waals surface area contributed by atoms with Crippen LogP contribution < -0.4 is 0 Å². The molecule has 4 nitrogen and oxygen atoms in total. The molecule has 1 atom stereocenters. The van der Waals surface area contributed by atoms with Crippen molar-refractivity contribution in [2.24, 2.45) is 5.92 Å². The first-order valence-electron chi connectivity index (χ1n) is 8.38. The van der Waals surface area contributed by atoms with Gasteiger partial charge in [-0.25, -0.2) is 4.39 Å². The zero-order valence-corrected chi connectivity index (χ0v) is 13.9. The third-order valence-electron chi connectivity index (χ3n) is 4.58. The molecule has 0 N–H and O–H groups in total. The molecular weight excluding hydrogens is 295 g/mol. The molecule has 0 radical (unpaired) electrons. The summed E-state index contributed by atoms with van der Waals surface area (Å²) < 4.78 is 20.0. The summed E-state index contributed by atoms with van der Waals surface area (Å²) in [5, 5.41) is 0. The van der Waals surface area contributed by atoms with Crippen LogP contribution in [0.1, 0.15) is 28.8 Å². The number of hydrogen-bond acceptors (Lipinski definition) is 3. The number of nitrogens with zero attached hydrogens (tertiary/aromatic N) is 2. The van der Waals surface area contributed by atoms with E-state index in [1.54, 1.807) is 17.0 Å². The Bertz CT molecular complexity index is 574. The van der Waals surface area contributed by atoms with E-state index >= 15 is 0 Å². The van der Waals surface area contributed by atoms with Crippen LogP contribution in [-0.4, -0.2) is 61.6 Å². The highest BCUT2D eigenvalue weighted by molar-refractivity contribution is 5.94. The maximum atomic E-state index is 14.2. The molecule has 0 unspecified atom stereocenters. The number of carbonyl (C=O) groups is 1. The van der Waals surface area contributed by atoms with Crippen LogP contribution in [0.25, 0.3) is 0 Å². The van der Waals surface area contributed by atoms with Gasteiger partial charge in [-0.3, -0.25) is 4.79 Å². The molecule has 1 aromatic rings. The molecule has 2 aliphatic rings. The summed E-state index contributed by atoms with van der Waals surface area (Å²) in [6.07, 6.45) is 2.32. The average Bonchev–Trinajstić information content (AvgIpc) is 3.30. The molecule has 5 heteroatoms. The Morgan fingerprint density at radius 3 is 2.83 bits per heavy atom. The van der Waals surface area contributed by atoms with Crippen molar-refractivity contribution in [3.05, 3.63) is 35.1 Å². The van der Waals surface area contributed by atoms with Gasteiger partial charge < -0.3 is 14.5 Å². The van der Waals surface area contributed by atoms with E-state index in [4.69, 9.17) is 4.74 Å². The first kappa shape index (κ1) is 16.4. The summed E-state index contributed by atoms with van der Waals surface area (Å²) in [6.45, 7) is 5.48. The second-order valence-corrected chi connectivity index (χ2v) is 6.89. The number of rotatable bonds is 5. The van der Waals surface area contributed by atoms with Gasteiger partial charge in [0.1, 0.15) is 5.82 Å². The SMILES string of the molecule is Cc1ccc(C(=O)N(CC2CC2)C[C@H]2CN(C)CCO2)c(F)c1. The third-order valence-corrected chi connectivity index (χ3v) is 4.58. The molecule has 1 aliphatic heterocycles. The van der Waals surface area contributed by atoms with Gasteiger partial charge in [0, 0.05) is 26.2 Å². The monoisotopic (exact) mass is 320 g/mol. The van der Waals surface area contributed by atoms with Gasteiger partial charge in [-0.2, -0.15) is 0 Å². The number of morpholine rings is 1. The number of carbonyl (C=O) groups excluding carboxylic acids is 1. The Balaban J connectivity index is 1.73. The Hall–Kier alpha value is -1.46. The largest absolute Gasteiger partial charge is 0.374 e. The van der Waals surface area contributed by atoms with Gasteiger partial charge in [-0.1, -0.05) is 6.07 Å². The lowest BCUT2D eigenvalue weighted by molar-refractivity contribution is -0.0332. The van der Waals surface area contributed by atoms with Crippen LogP contribution in [0.15, 0.2) is 18.2 Å². The third kappa shape index (κ3) is 4.30. The normalized spacial score (nSPS) is 22.1. The predicted octanol–water partition coefficient (Wildman–Crippen LogP) is 2.32. The topological polar surface area (TPSA) is 32.8 Å². The summed E-state index contributed by atoms with van der Waals surface area (Å²) in [6, 6.07) is 4.81. The highest BCUT2D eigenvalue weighted by Gasteiger charge is 2.31. The minimum absolute atomic E-state index is 0.00459. The maximum absolute atomic E-state index is 14.2. The van der Waals surface area contributed by atoms with Crippen LogP contribution >= 0.6 is 0 Å². The maximum Gasteiger partial charge on any atom is 0.256 e. The molecule has 126 valence electrons. The summed E-state index contributed by atoms with van der Waals surface area (Å²) in [4.78, 5) is 16.8. The smallest absolute Gasteiger partial charge is 0.256 e. The van der Waals surface area contributed by atoms with Crippen molar-refractivity contribution in [3.8, 4) is 0 Å². The molecular formula is C18H25FN2O2. The molecule has 0 aromatic heterocycles. The second-order valence-electron chi connectivity index (χ2n) is 6.89. The number of hydrogen-bond donors (Lipinski definition) is 0. The molecule has 1 amide bonds. The van der Waals surface area contributed by atoms with Gasteiger partial charge in [0.2, 0.25) is 0 Å².